The van der Waals surface area contributed by atoms with Gasteiger partial charge in [0.25, 0.3) is 0 Å². The molecule has 0 aliphatic rings. The number of thiophene rings is 1. The van der Waals surface area contributed by atoms with Crippen LogP contribution in [-0.4, -0.2) is 4.98 Å². The number of hydrogen-bond donors (Lipinski definition) is 0. The van der Waals surface area contributed by atoms with E-state index in [1.807, 2.05) is 17.5 Å². The Hall–Kier alpha value is -2.19. The van der Waals surface area contributed by atoms with Crippen LogP contribution in [0.15, 0.2) is 48.7 Å². The van der Waals surface area contributed by atoms with Gasteiger partial charge >= 0.3 is 0 Å². The van der Waals surface area contributed by atoms with Gasteiger partial charge in [-0.25, -0.2) is 0 Å². The first kappa shape index (κ1) is 13.5. The van der Waals surface area contributed by atoms with Crippen LogP contribution >= 0.6 is 11.3 Å². The Balaban J connectivity index is 2.10. The van der Waals surface area contributed by atoms with E-state index in [0.717, 1.165) is 5.69 Å². The number of aryl methyl sites for hydroxylation is 3. The maximum absolute atomic E-state index is 4.69. The molecule has 0 fully saturated rings. The molecule has 0 amide bonds. The van der Waals surface area contributed by atoms with Gasteiger partial charge in [0, 0.05) is 27.2 Å². The molecule has 0 aliphatic carbocycles. The molecule has 0 spiro atoms. The van der Waals surface area contributed by atoms with Gasteiger partial charge in [-0.3, -0.25) is 4.98 Å². The van der Waals surface area contributed by atoms with Gasteiger partial charge in [0.2, 0.25) is 0 Å². The van der Waals surface area contributed by atoms with Crippen molar-refractivity contribution in [1.29, 1.82) is 0 Å². The first-order valence-electron chi connectivity index (χ1n) is 7.49. The Labute approximate surface area is 134 Å². The summed E-state index contributed by atoms with van der Waals surface area (Å²) in [5.41, 5.74) is 6.22. The zero-order chi connectivity index (χ0) is 15.3. The second kappa shape index (κ2) is 4.92. The average Bonchev–Trinajstić information content (AvgIpc) is 2.86. The molecule has 4 rings (SSSR count). The Morgan fingerprint density at radius 3 is 2.32 bits per heavy atom. The molecule has 22 heavy (non-hydrogen) atoms. The van der Waals surface area contributed by atoms with Crippen molar-refractivity contribution < 1.29 is 0 Å². The van der Waals surface area contributed by atoms with Gasteiger partial charge in [0.1, 0.15) is 0 Å². The van der Waals surface area contributed by atoms with E-state index in [1.54, 1.807) is 0 Å². The van der Waals surface area contributed by atoms with Crippen molar-refractivity contribution in [3.63, 3.8) is 0 Å². The highest BCUT2D eigenvalue weighted by Crippen LogP contribution is 2.40. The number of hydrogen-bond acceptors (Lipinski definition) is 2. The molecular weight excluding hydrogens is 286 g/mol. The van der Waals surface area contributed by atoms with Gasteiger partial charge in [0.05, 0.1) is 10.4 Å². The van der Waals surface area contributed by atoms with E-state index in [1.165, 1.54) is 42.4 Å². The van der Waals surface area contributed by atoms with Crippen LogP contribution in [0.25, 0.3) is 31.4 Å². The molecule has 1 nitrogen and oxygen atoms in total. The van der Waals surface area contributed by atoms with Crippen LogP contribution in [0.4, 0.5) is 0 Å². The fourth-order valence-electron chi connectivity index (χ4n) is 3.18. The lowest BCUT2D eigenvalue weighted by Crippen LogP contribution is -1.86. The largest absolute Gasteiger partial charge is 0.255 e. The smallest absolute Gasteiger partial charge is 0.0880 e. The molecule has 4 aromatic rings. The lowest BCUT2D eigenvalue weighted by Gasteiger charge is -2.05. The molecule has 0 saturated carbocycles. The first-order valence-corrected chi connectivity index (χ1v) is 8.30. The maximum Gasteiger partial charge on any atom is 0.0880 e. The first-order chi connectivity index (χ1) is 10.6. The highest BCUT2D eigenvalue weighted by molar-refractivity contribution is 7.26. The minimum absolute atomic E-state index is 1.10. The van der Waals surface area contributed by atoms with Gasteiger partial charge in [-0.1, -0.05) is 35.4 Å². The van der Waals surface area contributed by atoms with E-state index < -0.39 is 0 Å². The van der Waals surface area contributed by atoms with E-state index in [0.29, 0.717) is 0 Å². The Bertz CT molecular complexity index is 991. The molecular formula is C20H17NS. The van der Waals surface area contributed by atoms with E-state index in [9.17, 15) is 0 Å². The third-order valence-electron chi connectivity index (χ3n) is 4.11. The molecule has 2 heterocycles. The van der Waals surface area contributed by atoms with Gasteiger partial charge in [-0.15, -0.1) is 11.3 Å². The summed E-state index contributed by atoms with van der Waals surface area (Å²) in [5, 5.41) is 2.65. The summed E-state index contributed by atoms with van der Waals surface area (Å²) in [4.78, 5) is 4.69. The second-order valence-electron chi connectivity index (χ2n) is 5.97. The molecule has 0 radical (unpaired) electrons. The molecule has 0 saturated heterocycles. The minimum atomic E-state index is 1.10. The number of pyridine rings is 1. The quantitative estimate of drug-likeness (QED) is 0.417. The number of benzene rings is 2. The molecule has 2 heteroatoms. The van der Waals surface area contributed by atoms with Gasteiger partial charge in [0.15, 0.2) is 0 Å². The van der Waals surface area contributed by atoms with Crippen molar-refractivity contribution in [2.45, 2.75) is 20.8 Å². The van der Waals surface area contributed by atoms with Crippen molar-refractivity contribution in [3.8, 4) is 11.3 Å². The fourth-order valence-corrected chi connectivity index (χ4v) is 4.46. The van der Waals surface area contributed by atoms with Crippen LogP contribution in [0.2, 0.25) is 0 Å². The summed E-state index contributed by atoms with van der Waals surface area (Å²) in [6.07, 6.45) is 1.93. The van der Waals surface area contributed by atoms with Crippen LogP contribution in [0.3, 0.4) is 0 Å². The normalized spacial score (nSPS) is 11.4. The molecule has 2 aromatic heterocycles. The van der Waals surface area contributed by atoms with Crippen molar-refractivity contribution in [2.75, 3.05) is 0 Å². The monoisotopic (exact) mass is 303 g/mol. The lowest BCUT2D eigenvalue weighted by molar-refractivity contribution is 1.33. The van der Waals surface area contributed by atoms with E-state index >= 15 is 0 Å². The number of fused-ring (bicyclic) bond motifs is 3. The Morgan fingerprint density at radius 1 is 0.818 bits per heavy atom. The summed E-state index contributed by atoms with van der Waals surface area (Å²) in [5.74, 6) is 0. The topological polar surface area (TPSA) is 12.9 Å². The summed E-state index contributed by atoms with van der Waals surface area (Å²) >= 11 is 1.86. The zero-order valence-corrected chi connectivity index (χ0v) is 13.8. The summed E-state index contributed by atoms with van der Waals surface area (Å²) in [7, 11) is 0. The number of nitrogens with zero attached hydrogens (tertiary/aromatic N) is 1. The summed E-state index contributed by atoms with van der Waals surface area (Å²) < 4.78 is 2.66. The predicted molar refractivity (Wildman–Crippen MR) is 96.8 cm³/mol. The van der Waals surface area contributed by atoms with Gasteiger partial charge in [-0.05, 0) is 44.5 Å². The zero-order valence-electron chi connectivity index (χ0n) is 13.0. The third kappa shape index (κ3) is 2.03. The maximum atomic E-state index is 4.69. The second-order valence-corrected chi connectivity index (χ2v) is 6.99. The molecule has 2 aromatic carbocycles. The van der Waals surface area contributed by atoms with Crippen LogP contribution in [0.5, 0.6) is 0 Å². The predicted octanol–water partition coefficient (Wildman–Crippen LogP) is 6.04. The molecule has 0 atom stereocenters. The fraction of sp³-hybridized carbons (Fsp3) is 0.150. The SMILES string of the molecule is Cc1cc(C)cc(-c2nccc3c2sc2c(C)cccc23)c1. The number of aromatic nitrogens is 1. The van der Waals surface area contributed by atoms with Crippen LogP contribution in [0.1, 0.15) is 16.7 Å². The van der Waals surface area contributed by atoms with Crippen LogP contribution in [0, 0.1) is 20.8 Å². The molecule has 0 bridgehead atoms. The number of rotatable bonds is 1. The summed E-state index contributed by atoms with van der Waals surface area (Å²) in [6.45, 7) is 6.47. The van der Waals surface area contributed by atoms with E-state index in [-0.39, 0.29) is 0 Å². The average molecular weight is 303 g/mol. The highest BCUT2D eigenvalue weighted by Gasteiger charge is 2.12. The van der Waals surface area contributed by atoms with Crippen molar-refractivity contribution in [2.24, 2.45) is 0 Å². The minimum Gasteiger partial charge on any atom is -0.255 e. The van der Waals surface area contributed by atoms with Crippen molar-refractivity contribution in [1.82, 2.24) is 4.98 Å². The van der Waals surface area contributed by atoms with Gasteiger partial charge < -0.3 is 0 Å². The highest BCUT2D eigenvalue weighted by atomic mass is 32.1. The summed E-state index contributed by atoms with van der Waals surface area (Å²) in [6, 6.07) is 15.3. The van der Waals surface area contributed by atoms with Crippen molar-refractivity contribution in [3.05, 3.63) is 65.4 Å². The Kier molecular flexibility index (Phi) is 3.02. The van der Waals surface area contributed by atoms with Crippen LogP contribution in [-0.2, 0) is 0 Å². The Morgan fingerprint density at radius 2 is 1.55 bits per heavy atom. The third-order valence-corrected chi connectivity index (χ3v) is 5.47. The van der Waals surface area contributed by atoms with Gasteiger partial charge in [-0.2, -0.15) is 0 Å². The molecule has 108 valence electrons. The lowest BCUT2D eigenvalue weighted by atomic mass is 10.0. The standard InChI is InChI=1S/C20H17NS/c1-12-9-13(2)11-15(10-12)18-20-17(7-8-21-18)16-6-4-5-14(3)19(16)22-20/h4-11H,1-3H3. The van der Waals surface area contributed by atoms with Crippen LogP contribution < -0.4 is 0 Å². The molecule has 0 N–H and O–H groups in total. The molecule has 0 unspecified atom stereocenters. The van der Waals surface area contributed by atoms with Crippen molar-refractivity contribution >= 4 is 31.5 Å². The van der Waals surface area contributed by atoms with E-state index in [2.05, 4.69) is 63.2 Å². The van der Waals surface area contributed by atoms with E-state index in [4.69, 9.17) is 4.98 Å². The molecule has 0 aliphatic heterocycles.